The van der Waals surface area contributed by atoms with E-state index >= 15 is 0 Å². The fourth-order valence-corrected chi connectivity index (χ4v) is 3.36. The van der Waals surface area contributed by atoms with Crippen molar-refractivity contribution in [3.05, 3.63) is 71.7 Å². The minimum atomic E-state index is -0.215. The molecule has 0 radical (unpaired) electrons. The van der Waals surface area contributed by atoms with Gasteiger partial charge in [-0.2, -0.15) is 10.2 Å². The molecule has 1 aliphatic rings. The van der Waals surface area contributed by atoms with Gasteiger partial charge in [0.2, 0.25) is 0 Å². The number of aromatic nitrogens is 2. The van der Waals surface area contributed by atoms with Gasteiger partial charge in [0.05, 0.1) is 11.4 Å². The van der Waals surface area contributed by atoms with Crippen molar-refractivity contribution in [2.45, 2.75) is 13.5 Å². The van der Waals surface area contributed by atoms with E-state index in [9.17, 15) is 4.39 Å². The molecule has 0 atom stereocenters. The van der Waals surface area contributed by atoms with Crippen LogP contribution in [0.2, 0.25) is 0 Å². The standard InChI is InChI=1S/C21H21FN4/c1-15-6-8-20(24-23-15)16-7-9-21-17(12-16)14-25(2)10-11-26(21)19-5-3-4-18(22)13-19/h3-9,12-13H,10-11,14H2,1-2H3. The third kappa shape index (κ3) is 3.30. The Morgan fingerprint density at radius 2 is 1.85 bits per heavy atom. The molecular formula is C21H21FN4. The Hall–Kier alpha value is -2.79. The molecular weight excluding hydrogens is 327 g/mol. The molecule has 0 saturated carbocycles. The summed E-state index contributed by atoms with van der Waals surface area (Å²) in [6, 6.07) is 17.1. The molecule has 0 saturated heterocycles. The molecule has 0 spiro atoms. The van der Waals surface area contributed by atoms with Gasteiger partial charge in [0, 0.05) is 36.6 Å². The number of fused-ring (bicyclic) bond motifs is 1. The molecule has 0 N–H and O–H groups in total. The SMILES string of the molecule is Cc1ccc(-c2ccc3c(c2)CN(C)CCN3c2cccc(F)c2)nn1. The summed E-state index contributed by atoms with van der Waals surface area (Å²) in [6.45, 7) is 4.50. The summed E-state index contributed by atoms with van der Waals surface area (Å²) in [4.78, 5) is 4.47. The average molecular weight is 348 g/mol. The van der Waals surface area contributed by atoms with Gasteiger partial charge in [-0.1, -0.05) is 12.1 Å². The number of rotatable bonds is 2. The van der Waals surface area contributed by atoms with Crippen molar-refractivity contribution in [2.24, 2.45) is 0 Å². The van der Waals surface area contributed by atoms with Gasteiger partial charge in [0.1, 0.15) is 5.82 Å². The molecule has 2 aromatic carbocycles. The number of likely N-dealkylation sites (N-methyl/N-ethyl adjacent to an activating group) is 1. The summed E-state index contributed by atoms with van der Waals surface area (Å²) < 4.78 is 13.7. The smallest absolute Gasteiger partial charge is 0.125 e. The van der Waals surface area contributed by atoms with Gasteiger partial charge < -0.3 is 9.80 Å². The van der Waals surface area contributed by atoms with Crippen molar-refractivity contribution in [1.82, 2.24) is 15.1 Å². The number of aryl methyl sites for hydroxylation is 1. The number of benzene rings is 2. The first kappa shape index (κ1) is 16.7. The second-order valence-electron chi connectivity index (χ2n) is 6.77. The minimum absolute atomic E-state index is 0.215. The maximum Gasteiger partial charge on any atom is 0.125 e. The van der Waals surface area contributed by atoms with Crippen molar-refractivity contribution < 1.29 is 4.39 Å². The summed E-state index contributed by atoms with van der Waals surface area (Å²) in [6.07, 6.45) is 0. The summed E-state index contributed by atoms with van der Waals surface area (Å²) >= 11 is 0. The van der Waals surface area contributed by atoms with E-state index in [2.05, 4.69) is 45.2 Å². The van der Waals surface area contributed by atoms with Crippen LogP contribution in [0.25, 0.3) is 11.3 Å². The number of halogens is 1. The lowest BCUT2D eigenvalue weighted by atomic mass is 10.0. The van der Waals surface area contributed by atoms with Crippen LogP contribution in [-0.4, -0.2) is 35.2 Å². The fraction of sp³-hybridized carbons (Fsp3) is 0.238. The third-order valence-corrected chi connectivity index (χ3v) is 4.73. The molecule has 5 heteroatoms. The molecule has 3 aromatic rings. The van der Waals surface area contributed by atoms with E-state index in [4.69, 9.17) is 0 Å². The summed E-state index contributed by atoms with van der Waals surface area (Å²) in [5, 5.41) is 8.46. The Bertz CT molecular complexity index is 924. The molecule has 0 unspecified atom stereocenters. The van der Waals surface area contributed by atoms with E-state index in [0.29, 0.717) is 0 Å². The van der Waals surface area contributed by atoms with Crippen molar-refractivity contribution in [2.75, 3.05) is 25.0 Å². The van der Waals surface area contributed by atoms with Gasteiger partial charge in [0.25, 0.3) is 0 Å². The van der Waals surface area contributed by atoms with Crippen LogP contribution in [0.1, 0.15) is 11.3 Å². The largest absolute Gasteiger partial charge is 0.340 e. The highest BCUT2D eigenvalue weighted by Crippen LogP contribution is 2.34. The molecule has 132 valence electrons. The van der Waals surface area contributed by atoms with Crippen molar-refractivity contribution in [1.29, 1.82) is 0 Å². The van der Waals surface area contributed by atoms with E-state index in [1.807, 2.05) is 25.1 Å². The van der Waals surface area contributed by atoms with E-state index < -0.39 is 0 Å². The first-order valence-electron chi connectivity index (χ1n) is 8.75. The van der Waals surface area contributed by atoms with Crippen molar-refractivity contribution >= 4 is 11.4 Å². The monoisotopic (exact) mass is 348 g/mol. The van der Waals surface area contributed by atoms with Crippen molar-refractivity contribution in [3.8, 4) is 11.3 Å². The van der Waals surface area contributed by atoms with E-state index in [-0.39, 0.29) is 5.82 Å². The van der Waals surface area contributed by atoms with Crippen LogP contribution < -0.4 is 4.90 Å². The lowest BCUT2D eigenvalue weighted by molar-refractivity contribution is 0.343. The van der Waals surface area contributed by atoms with Crippen LogP contribution in [0.3, 0.4) is 0 Å². The summed E-state index contributed by atoms with van der Waals surface area (Å²) in [5.74, 6) is -0.215. The zero-order valence-corrected chi connectivity index (χ0v) is 15.0. The number of hydrogen-bond donors (Lipinski definition) is 0. The summed E-state index contributed by atoms with van der Waals surface area (Å²) in [5.41, 5.74) is 6.01. The predicted octanol–water partition coefficient (Wildman–Crippen LogP) is 4.17. The first-order valence-corrected chi connectivity index (χ1v) is 8.75. The molecule has 0 amide bonds. The van der Waals surface area contributed by atoms with Crippen LogP contribution in [0.15, 0.2) is 54.6 Å². The molecule has 4 rings (SSSR count). The van der Waals surface area contributed by atoms with E-state index in [1.54, 1.807) is 12.1 Å². The Labute approximate surface area is 152 Å². The molecule has 0 aliphatic carbocycles. The molecule has 1 aromatic heterocycles. The average Bonchev–Trinajstić information content (AvgIpc) is 2.80. The topological polar surface area (TPSA) is 32.3 Å². The second kappa shape index (κ2) is 6.84. The second-order valence-corrected chi connectivity index (χ2v) is 6.77. The quantitative estimate of drug-likeness (QED) is 0.696. The van der Waals surface area contributed by atoms with Gasteiger partial charge in [-0.15, -0.1) is 0 Å². The Balaban J connectivity index is 1.78. The van der Waals surface area contributed by atoms with Crippen LogP contribution in [0.5, 0.6) is 0 Å². The normalized spacial score (nSPS) is 14.8. The number of anilines is 2. The van der Waals surface area contributed by atoms with E-state index in [0.717, 1.165) is 48.0 Å². The lowest BCUT2D eigenvalue weighted by Crippen LogP contribution is -2.26. The maximum absolute atomic E-state index is 13.7. The molecule has 26 heavy (non-hydrogen) atoms. The lowest BCUT2D eigenvalue weighted by Gasteiger charge is -2.25. The van der Waals surface area contributed by atoms with Gasteiger partial charge in [-0.3, -0.25) is 0 Å². The van der Waals surface area contributed by atoms with Crippen LogP contribution in [-0.2, 0) is 6.54 Å². The highest BCUT2D eigenvalue weighted by Gasteiger charge is 2.20. The zero-order chi connectivity index (χ0) is 18.1. The zero-order valence-electron chi connectivity index (χ0n) is 15.0. The van der Waals surface area contributed by atoms with E-state index in [1.165, 1.54) is 11.6 Å². The van der Waals surface area contributed by atoms with Gasteiger partial charge in [-0.25, -0.2) is 4.39 Å². The highest BCUT2D eigenvalue weighted by atomic mass is 19.1. The first-order chi connectivity index (χ1) is 12.6. The third-order valence-electron chi connectivity index (χ3n) is 4.73. The predicted molar refractivity (Wildman–Crippen MR) is 102 cm³/mol. The Morgan fingerprint density at radius 3 is 2.62 bits per heavy atom. The van der Waals surface area contributed by atoms with Crippen LogP contribution in [0, 0.1) is 12.7 Å². The van der Waals surface area contributed by atoms with Crippen LogP contribution >= 0.6 is 0 Å². The maximum atomic E-state index is 13.7. The highest BCUT2D eigenvalue weighted by molar-refractivity contribution is 5.72. The van der Waals surface area contributed by atoms with Crippen molar-refractivity contribution in [3.63, 3.8) is 0 Å². The Kier molecular flexibility index (Phi) is 4.39. The van der Waals surface area contributed by atoms with Crippen LogP contribution in [0.4, 0.5) is 15.8 Å². The fourth-order valence-electron chi connectivity index (χ4n) is 3.36. The van der Waals surface area contributed by atoms with Gasteiger partial charge >= 0.3 is 0 Å². The number of hydrogen-bond acceptors (Lipinski definition) is 4. The minimum Gasteiger partial charge on any atom is -0.340 e. The van der Waals surface area contributed by atoms with Gasteiger partial charge in [-0.05, 0) is 62.0 Å². The molecule has 0 fully saturated rings. The molecule has 2 heterocycles. The number of nitrogens with zero attached hydrogens (tertiary/aromatic N) is 4. The van der Waals surface area contributed by atoms with Gasteiger partial charge in [0.15, 0.2) is 0 Å². The molecule has 1 aliphatic heterocycles. The molecule has 0 bridgehead atoms. The molecule has 4 nitrogen and oxygen atoms in total. The summed E-state index contributed by atoms with van der Waals surface area (Å²) in [7, 11) is 2.11. The Morgan fingerprint density at radius 1 is 0.962 bits per heavy atom.